The lowest BCUT2D eigenvalue weighted by Crippen LogP contribution is -2.32. The second-order valence-electron chi connectivity index (χ2n) is 7.04. The van der Waals surface area contributed by atoms with Crippen LogP contribution >= 0.6 is 0 Å². The van der Waals surface area contributed by atoms with Gasteiger partial charge in [0.25, 0.3) is 0 Å². The molecule has 0 saturated carbocycles. The number of urea groups is 1. The summed E-state index contributed by atoms with van der Waals surface area (Å²) >= 11 is 0. The fourth-order valence-electron chi connectivity index (χ4n) is 3.31. The van der Waals surface area contributed by atoms with Crippen molar-refractivity contribution in [3.05, 3.63) is 84.1 Å². The highest BCUT2D eigenvalue weighted by Crippen LogP contribution is 2.24. The van der Waals surface area contributed by atoms with Crippen LogP contribution in [-0.4, -0.2) is 30.0 Å². The van der Waals surface area contributed by atoms with Crippen molar-refractivity contribution >= 4 is 29.1 Å². The van der Waals surface area contributed by atoms with Crippen molar-refractivity contribution in [1.29, 1.82) is 0 Å². The number of aromatic nitrogens is 1. The van der Waals surface area contributed by atoms with Crippen molar-refractivity contribution in [2.24, 2.45) is 0 Å². The molecular weight excluding hydrogens is 364 g/mol. The Morgan fingerprint density at radius 3 is 2.38 bits per heavy atom. The van der Waals surface area contributed by atoms with E-state index in [4.69, 9.17) is 0 Å². The molecule has 6 nitrogen and oxygen atoms in total. The van der Waals surface area contributed by atoms with E-state index in [1.807, 2.05) is 61.5 Å². The molecule has 6 heteroatoms. The maximum absolute atomic E-state index is 12.7. The number of para-hydroxylation sites is 1. The molecule has 146 valence electrons. The smallest absolute Gasteiger partial charge is 0.324 e. The molecule has 3 amide bonds. The highest BCUT2D eigenvalue weighted by Gasteiger charge is 2.31. The van der Waals surface area contributed by atoms with Gasteiger partial charge in [0.2, 0.25) is 5.91 Å². The molecule has 1 aliphatic rings. The van der Waals surface area contributed by atoms with Gasteiger partial charge in [-0.05, 0) is 36.8 Å². The lowest BCUT2D eigenvalue weighted by atomic mass is 10.1. The van der Waals surface area contributed by atoms with Gasteiger partial charge >= 0.3 is 6.03 Å². The van der Waals surface area contributed by atoms with Crippen LogP contribution in [0, 0.1) is 6.92 Å². The van der Waals surface area contributed by atoms with Gasteiger partial charge in [0.15, 0.2) is 0 Å². The summed E-state index contributed by atoms with van der Waals surface area (Å²) in [5.41, 5.74) is 3.61. The van der Waals surface area contributed by atoms with Crippen LogP contribution in [0.25, 0.3) is 0 Å². The Balaban J connectivity index is 1.38. The third kappa shape index (κ3) is 4.27. The van der Waals surface area contributed by atoms with Gasteiger partial charge in [-0.1, -0.05) is 48.0 Å². The van der Waals surface area contributed by atoms with Gasteiger partial charge < -0.3 is 5.32 Å². The normalized spacial score (nSPS) is 13.6. The summed E-state index contributed by atoms with van der Waals surface area (Å²) in [5.74, 6) is 0.473. The molecule has 0 spiro atoms. The Bertz CT molecular complexity index is 1000. The van der Waals surface area contributed by atoms with Crippen molar-refractivity contribution in [2.75, 3.05) is 28.2 Å². The first kappa shape index (κ1) is 18.7. The van der Waals surface area contributed by atoms with E-state index < -0.39 is 0 Å². The van der Waals surface area contributed by atoms with Gasteiger partial charge in [0.05, 0.1) is 18.3 Å². The van der Waals surface area contributed by atoms with Crippen LogP contribution < -0.4 is 15.1 Å². The Kier molecular flexibility index (Phi) is 5.24. The highest BCUT2D eigenvalue weighted by atomic mass is 16.2. The molecule has 1 aliphatic heterocycles. The van der Waals surface area contributed by atoms with Gasteiger partial charge in [-0.15, -0.1) is 0 Å². The van der Waals surface area contributed by atoms with E-state index in [1.165, 1.54) is 0 Å². The average Bonchev–Trinajstić information content (AvgIpc) is 3.12. The number of hydrogen-bond donors (Lipinski definition) is 1. The molecular formula is C23H22N4O2. The second kappa shape index (κ2) is 8.14. The minimum absolute atomic E-state index is 0.0974. The Morgan fingerprint density at radius 2 is 1.69 bits per heavy atom. The number of benzene rings is 2. The fourth-order valence-corrected chi connectivity index (χ4v) is 3.31. The van der Waals surface area contributed by atoms with Crippen LogP contribution in [0.5, 0.6) is 0 Å². The molecule has 0 aliphatic carbocycles. The molecule has 0 radical (unpaired) electrons. The van der Waals surface area contributed by atoms with Crippen LogP contribution in [0.2, 0.25) is 0 Å². The predicted octanol–water partition coefficient (Wildman–Crippen LogP) is 4.02. The predicted molar refractivity (Wildman–Crippen MR) is 114 cm³/mol. The second-order valence-corrected chi connectivity index (χ2v) is 7.04. The summed E-state index contributed by atoms with van der Waals surface area (Å²) in [6.45, 7) is 3.20. The number of aryl methyl sites for hydroxylation is 1. The van der Waals surface area contributed by atoms with E-state index in [1.54, 1.807) is 28.1 Å². The SMILES string of the molecule is Cc1ccc(CC(=O)Nc2ccc(N3CCN(c4ccccc4)C3=O)nc2)cc1. The molecule has 1 N–H and O–H groups in total. The standard InChI is InChI=1S/C23H22N4O2/c1-17-7-9-18(10-8-17)15-22(28)25-19-11-12-21(24-16-19)27-14-13-26(23(27)29)20-5-3-2-4-6-20/h2-12,16H,13-15H2,1H3,(H,25,28). The van der Waals surface area contributed by atoms with E-state index >= 15 is 0 Å². The minimum Gasteiger partial charge on any atom is -0.324 e. The number of amides is 3. The molecule has 0 bridgehead atoms. The van der Waals surface area contributed by atoms with Crippen molar-refractivity contribution in [3.63, 3.8) is 0 Å². The third-order valence-corrected chi connectivity index (χ3v) is 4.87. The number of rotatable bonds is 5. The number of nitrogens with zero attached hydrogens (tertiary/aromatic N) is 3. The van der Waals surface area contributed by atoms with Crippen LogP contribution in [0.1, 0.15) is 11.1 Å². The van der Waals surface area contributed by atoms with Crippen LogP contribution in [0.4, 0.5) is 22.0 Å². The molecule has 0 unspecified atom stereocenters. The Morgan fingerprint density at radius 1 is 0.966 bits per heavy atom. The highest BCUT2D eigenvalue weighted by molar-refractivity contribution is 6.05. The molecule has 1 fully saturated rings. The monoisotopic (exact) mass is 386 g/mol. The number of nitrogens with one attached hydrogen (secondary N) is 1. The minimum atomic E-state index is -0.101. The summed E-state index contributed by atoms with van der Waals surface area (Å²) in [6, 6.07) is 20.9. The Hall–Kier alpha value is -3.67. The average molecular weight is 386 g/mol. The molecule has 1 saturated heterocycles. The summed E-state index contributed by atoms with van der Waals surface area (Å²) in [6.07, 6.45) is 1.89. The zero-order valence-corrected chi connectivity index (χ0v) is 16.2. The summed E-state index contributed by atoms with van der Waals surface area (Å²) in [7, 11) is 0. The van der Waals surface area contributed by atoms with E-state index in [-0.39, 0.29) is 11.9 Å². The van der Waals surface area contributed by atoms with Gasteiger partial charge in [-0.3, -0.25) is 14.6 Å². The molecule has 1 aromatic heterocycles. The quantitative estimate of drug-likeness (QED) is 0.720. The number of anilines is 3. The van der Waals surface area contributed by atoms with E-state index in [0.717, 1.165) is 16.8 Å². The van der Waals surface area contributed by atoms with Crippen LogP contribution in [-0.2, 0) is 11.2 Å². The molecule has 4 rings (SSSR count). The van der Waals surface area contributed by atoms with E-state index in [0.29, 0.717) is 31.0 Å². The fraction of sp³-hybridized carbons (Fsp3) is 0.174. The van der Waals surface area contributed by atoms with Crippen LogP contribution in [0.15, 0.2) is 72.9 Å². The number of carbonyl (C=O) groups excluding carboxylic acids is 2. The maximum atomic E-state index is 12.7. The molecule has 3 aromatic rings. The van der Waals surface area contributed by atoms with Crippen molar-refractivity contribution in [3.8, 4) is 0 Å². The zero-order chi connectivity index (χ0) is 20.2. The summed E-state index contributed by atoms with van der Waals surface area (Å²) in [4.78, 5) is 32.7. The number of hydrogen-bond acceptors (Lipinski definition) is 3. The van der Waals surface area contributed by atoms with Crippen molar-refractivity contribution < 1.29 is 9.59 Å². The van der Waals surface area contributed by atoms with E-state index in [2.05, 4.69) is 10.3 Å². The first-order valence-corrected chi connectivity index (χ1v) is 9.56. The van der Waals surface area contributed by atoms with E-state index in [9.17, 15) is 9.59 Å². The lowest BCUT2D eigenvalue weighted by molar-refractivity contribution is -0.115. The topological polar surface area (TPSA) is 65.5 Å². The van der Waals surface area contributed by atoms with Gasteiger partial charge in [0, 0.05) is 18.8 Å². The molecule has 2 aromatic carbocycles. The number of carbonyl (C=O) groups is 2. The molecule has 0 atom stereocenters. The van der Waals surface area contributed by atoms with Gasteiger partial charge in [-0.25, -0.2) is 9.78 Å². The maximum Gasteiger partial charge on any atom is 0.330 e. The van der Waals surface area contributed by atoms with Crippen LogP contribution in [0.3, 0.4) is 0 Å². The van der Waals surface area contributed by atoms with Gasteiger partial charge in [0.1, 0.15) is 5.82 Å². The van der Waals surface area contributed by atoms with Crippen molar-refractivity contribution in [1.82, 2.24) is 4.98 Å². The van der Waals surface area contributed by atoms with Crippen molar-refractivity contribution in [2.45, 2.75) is 13.3 Å². The molecule has 2 heterocycles. The number of pyridine rings is 1. The zero-order valence-electron chi connectivity index (χ0n) is 16.2. The lowest BCUT2D eigenvalue weighted by Gasteiger charge is -2.18. The van der Waals surface area contributed by atoms with Gasteiger partial charge in [-0.2, -0.15) is 0 Å². The third-order valence-electron chi connectivity index (χ3n) is 4.87. The Labute approximate surface area is 169 Å². The molecule has 29 heavy (non-hydrogen) atoms. The summed E-state index contributed by atoms with van der Waals surface area (Å²) in [5, 5.41) is 2.85. The first-order chi connectivity index (χ1) is 14.1. The first-order valence-electron chi connectivity index (χ1n) is 9.56. The summed E-state index contributed by atoms with van der Waals surface area (Å²) < 4.78 is 0. The largest absolute Gasteiger partial charge is 0.330 e.